The molecule has 0 aromatic heterocycles. The van der Waals surface area contributed by atoms with Gasteiger partial charge in [-0.1, -0.05) is 18.2 Å². The monoisotopic (exact) mass is 290 g/mol. The van der Waals surface area contributed by atoms with Gasteiger partial charge in [-0.05, 0) is 23.8 Å². The number of nitrogen functional groups attached to an aromatic ring is 1. The fraction of sp³-hybridized carbons (Fsp3) is 0.143. The maximum absolute atomic E-state index is 10.8. The number of nitro benzene ring substituents is 1. The topological polar surface area (TPSA) is 78.4 Å². The number of benzene rings is 2. The molecular formula is C14H14N2O3S. The molecule has 104 valence electrons. The van der Waals surface area contributed by atoms with Crippen molar-refractivity contribution in [3.8, 4) is 5.75 Å². The minimum Gasteiger partial charge on any atom is -0.496 e. The van der Waals surface area contributed by atoms with Crippen LogP contribution in [0.5, 0.6) is 5.75 Å². The van der Waals surface area contributed by atoms with E-state index in [-0.39, 0.29) is 11.4 Å². The zero-order valence-electron chi connectivity index (χ0n) is 10.9. The van der Waals surface area contributed by atoms with Crippen molar-refractivity contribution >= 4 is 23.1 Å². The second kappa shape index (κ2) is 6.29. The van der Waals surface area contributed by atoms with Crippen LogP contribution in [0.4, 0.5) is 11.4 Å². The maximum Gasteiger partial charge on any atom is 0.292 e. The first-order chi connectivity index (χ1) is 9.61. The van der Waals surface area contributed by atoms with Gasteiger partial charge in [-0.2, -0.15) is 0 Å². The van der Waals surface area contributed by atoms with E-state index in [9.17, 15) is 10.1 Å². The summed E-state index contributed by atoms with van der Waals surface area (Å²) in [5.74, 6) is 1.41. The Bertz CT molecular complexity index is 632. The van der Waals surface area contributed by atoms with Gasteiger partial charge >= 0.3 is 0 Å². The van der Waals surface area contributed by atoms with Gasteiger partial charge in [-0.15, -0.1) is 11.8 Å². The van der Waals surface area contributed by atoms with Gasteiger partial charge in [0, 0.05) is 16.7 Å². The summed E-state index contributed by atoms with van der Waals surface area (Å²) in [5, 5.41) is 10.8. The summed E-state index contributed by atoms with van der Waals surface area (Å²) in [6.07, 6.45) is 0. The van der Waals surface area contributed by atoms with Crippen molar-refractivity contribution in [3.05, 3.63) is 58.1 Å². The van der Waals surface area contributed by atoms with Crippen molar-refractivity contribution in [2.45, 2.75) is 10.6 Å². The number of thioether (sulfide) groups is 1. The first kappa shape index (κ1) is 14.2. The van der Waals surface area contributed by atoms with Crippen LogP contribution < -0.4 is 10.5 Å². The highest BCUT2D eigenvalue weighted by atomic mass is 32.2. The third-order valence-corrected chi connectivity index (χ3v) is 3.88. The molecule has 0 amide bonds. The van der Waals surface area contributed by atoms with Crippen LogP contribution in [-0.4, -0.2) is 12.0 Å². The third kappa shape index (κ3) is 3.21. The van der Waals surface area contributed by atoms with Gasteiger partial charge in [0.1, 0.15) is 11.4 Å². The molecule has 2 rings (SSSR count). The number of ether oxygens (including phenoxy) is 1. The van der Waals surface area contributed by atoms with E-state index in [0.717, 1.165) is 16.2 Å². The summed E-state index contributed by atoms with van der Waals surface area (Å²) >= 11 is 1.56. The Morgan fingerprint density at radius 3 is 2.75 bits per heavy atom. The van der Waals surface area contributed by atoms with Crippen LogP contribution in [0.1, 0.15) is 5.56 Å². The van der Waals surface area contributed by atoms with E-state index in [1.807, 2.05) is 24.3 Å². The van der Waals surface area contributed by atoms with E-state index >= 15 is 0 Å². The number of nitro groups is 1. The first-order valence-corrected chi connectivity index (χ1v) is 6.89. The van der Waals surface area contributed by atoms with Crippen molar-refractivity contribution in [3.63, 3.8) is 0 Å². The Hall–Kier alpha value is -2.21. The van der Waals surface area contributed by atoms with Gasteiger partial charge in [0.05, 0.1) is 12.0 Å². The van der Waals surface area contributed by atoms with Gasteiger partial charge in [-0.3, -0.25) is 10.1 Å². The van der Waals surface area contributed by atoms with Crippen LogP contribution >= 0.6 is 11.8 Å². The van der Waals surface area contributed by atoms with Crippen LogP contribution in [0.3, 0.4) is 0 Å². The predicted octanol–water partition coefficient (Wildman–Crippen LogP) is 3.48. The van der Waals surface area contributed by atoms with Crippen LogP contribution in [0.15, 0.2) is 47.4 Å². The lowest BCUT2D eigenvalue weighted by atomic mass is 10.2. The zero-order chi connectivity index (χ0) is 14.5. The summed E-state index contributed by atoms with van der Waals surface area (Å²) in [6, 6.07) is 12.5. The van der Waals surface area contributed by atoms with Crippen molar-refractivity contribution < 1.29 is 9.66 Å². The van der Waals surface area contributed by atoms with E-state index in [1.54, 1.807) is 31.0 Å². The lowest BCUT2D eigenvalue weighted by molar-refractivity contribution is -0.383. The standard InChI is InChI=1S/C14H14N2O3S/c1-19-13-4-2-3-5-14(13)20-9-10-6-7-11(15)12(8-10)16(17)18/h2-8H,9,15H2,1H3. The van der Waals surface area contributed by atoms with Gasteiger partial charge in [0.15, 0.2) is 0 Å². The van der Waals surface area contributed by atoms with Crippen LogP contribution in [0.25, 0.3) is 0 Å². The highest BCUT2D eigenvalue weighted by molar-refractivity contribution is 7.98. The van der Waals surface area contributed by atoms with Crippen molar-refractivity contribution in [1.29, 1.82) is 0 Å². The molecule has 0 spiro atoms. The molecule has 2 aromatic rings. The lowest BCUT2D eigenvalue weighted by Crippen LogP contribution is -1.96. The van der Waals surface area contributed by atoms with Crippen molar-refractivity contribution in [2.24, 2.45) is 0 Å². The minimum atomic E-state index is -0.466. The van der Waals surface area contributed by atoms with E-state index in [1.165, 1.54) is 6.07 Å². The molecule has 0 unspecified atom stereocenters. The molecule has 2 N–H and O–H groups in total. The number of hydrogen-bond donors (Lipinski definition) is 1. The molecule has 0 aliphatic rings. The highest BCUT2D eigenvalue weighted by Crippen LogP contribution is 2.32. The van der Waals surface area contributed by atoms with E-state index < -0.39 is 4.92 Å². The number of hydrogen-bond acceptors (Lipinski definition) is 5. The molecule has 2 aromatic carbocycles. The zero-order valence-corrected chi connectivity index (χ0v) is 11.7. The fourth-order valence-corrected chi connectivity index (χ4v) is 2.71. The average Bonchev–Trinajstić information content (AvgIpc) is 2.46. The van der Waals surface area contributed by atoms with Crippen LogP contribution in [0.2, 0.25) is 0 Å². The molecular weight excluding hydrogens is 276 g/mol. The number of rotatable bonds is 5. The van der Waals surface area contributed by atoms with Crippen molar-refractivity contribution in [1.82, 2.24) is 0 Å². The van der Waals surface area contributed by atoms with Gasteiger partial charge in [0.25, 0.3) is 5.69 Å². The number of nitrogens with zero attached hydrogens (tertiary/aromatic N) is 1. The quantitative estimate of drug-likeness (QED) is 0.395. The van der Waals surface area contributed by atoms with Gasteiger partial charge < -0.3 is 10.5 Å². The molecule has 0 fully saturated rings. The van der Waals surface area contributed by atoms with E-state index in [2.05, 4.69) is 0 Å². The van der Waals surface area contributed by atoms with E-state index in [0.29, 0.717) is 5.75 Å². The Balaban J connectivity index is 2.15. The summed E-state index contributed by atoms with van der Waals surface area (Å²) in [5.41, 5.74) is 6.55. The predicted molar refractivity (Wildman–Crippen MR) is 80.1 cm³/mol. The molecule has 0 saturated carbocycles. The molecule has 6 heteroatoms. The molecule has 0 aliphatic heterocycles. The molecule has 20 heavy (non-hydrogen) atoms. The Kier molecular flexibility index (Phi) is 4.47. The summed E-state index contributed by atoms with van der Waals surface area (Å²) in [7, 11) is 1.62. The minimum absolute atomic E-state index is 0.0527. The summed E-state index contributed by atoms with van der Waals surface area (Å²) in [4.78, 5) is 11.4. The molecule has 0 bridgehead atoms. The smallest absolute Gasteiger partial charge is 0.292 e. The van der Waals surface area contributed by atoms with Crippen LogP contribution in [-0.2, 0) is 5.75 Å². The summed E-state index contributed by atoms with van der Waals surface area (Å²) in [6.45, 7) is 0. The Morgan fingerprint density at radius 1 is 1.30 bits per heavy atom. The van der Waals surface area contributed by atoms with Gasteiger partial charge in [-0.25, -0.2) is 0 Å². The molecule has 5 nitrogen and oxygen atoms in total. The largest absolute Gasteiger partial charge is 0.496 e. The van der Waals surface area contributed by atoms with Crippen LogP contribution in [0, 0.1) is 10.1 Å². The second-order valence-corrected chi connectivity index (χ2v) is 5.11. The third-order valence-electron chi connectivity index (χ3n) is 2.75. The lowest BCUT2D eigenvalue weighted by Gasteiger charge is -2.08. The highest BCUT2D eigenvalue weighted by Gasteiger charge is 2.12. The molecule has 0 atom stereocenters. The fourth-order valence-electron chi connectivity index (χ4n) is 1.74. The number of para-hydroxylation sites is 1. The van der Waals surface area contributed by atoms with Gasteiger partial charge in [0.2, 0.25) is 0 Å². The molecule has 0 heterocycles. The SMILES string of the molecule is COc1ccccc1SCc1ccc(N)c([N+](=O)[O-])c1. The Morgan fingerprint density at radius 2 is 2.05 bits per heavy atom. The molecule has 0 saturated heterocycles. The number of anilines is 1. The second-order valence-electron chi connectivity index (χ2n) is 4.09. The number of methoxy groups -OCH3 is 1. The molecule has 0 radical (unpaired) electrons. The number of nitrogens with two attached hydrogens (primary N) is 1. The van der Waals surface area contributed by atoms with E-state index in [4.69, 9.17) is 10.5 Å². The average molecular weight is 290 g/mol. The first-order valence-electron chi connectivity index (χ1n) is 5.90. The Labute approximate surface area is 120 Å². The van der Waals surface area contributed by atoms with Crippen molar-refractivity contribution in [2.75, 3.05) is 12.8 Å². The normalized spacial score (nSPS) is 10.2. The molecule has 0 aliphatic carbocycles. The maximum atomic E-state index is 10.8. The summed E-state index contributed by atoms with van der Waals surface area (Å²) < 4.78 is 5.27.